The van der Waals surface area contributed by atoms with E-state index >= 15 is 0 Å². The van der Waals surface area contributed by atoms with Crippen molar-refractivity contribution in [2.75, 3.05) is 13.2 Å². The lowest BCUT2D eigenvalue weighted by Gasteiger charge is -2.35. The van der Waals surface area contributed by atoms with Gasteiger partial charge in [-0.2, -0.15) is 0 Å². The third-order valence-electron chi connectivity index (χ3n) is 7.12. The molecule has 3 aromatic rings. The molecular formula is C34H47N3O2. The van der Waals surface area contributed by atoms with Crippen molar-refractivity contribution in [3.05, 3.63) is 72.3 Å². The molecule has 2 heterocycles. The fourth-order valence-electron chi connectivity index (χ4n) is 5.58. The Morgan fingerprint density at radius 3 is 2.54 bits per heavy atom. The maximum atomic E-state index is 12.7. The maximum absolute atomic E-state index is 12.7. The molecule has 0 saturated heterocycles. The molecule has 0 spiro atoms. The van der Waals surface area contributed by atoms with Crippen molar-refractivity contribution in [2.45, 2.75) is 80.6 Å². The molecule has 0 aliphatic carbocycles. The van der Waals surface area contributed by atoms with Gasteiger partial charge in [0.2, 0.25) is 0 Å². The number of aromatic amines is 1. The minimum Gasteiger partial charge on any atom is -0.484 e. The molecule has 0 radical (unpaired) electrons. The van der Waals surface area contributed by atoms with Crippen LogP contribution in [0.5, 0.6) is 0 Å². The number of nitrogens with zero attached hydrogens (tertiary/aromatic N) is 1. The molecule has 39 heavy (non-hydrogen) atoms. The lowest BCUT2D eigenvalue weighted by atomic mass is 9.73. The van der Waals surface area contributed by atoms with Gasteiger partial charge in [-0.25, -0.2) is 0 Å². The second-order valence-corrected chi connectivity index (χ2v) is 12.1. The van der Waals surface area contributed by atoms with E-state index in [-0.39, 0.29) is 23.3 Å². The number of allylic oxidation sites excluding steroid dienone is 5. The molecule has 0 aliphatic rings. The number of unbranched alkanes of at least 4 members (excludes halogenated alkanes) is 1. The SMILES string of the molecule is C\C=C(/C=C\C(=C\CCC)OCC(=O)NCC(C)(C)CC(C)(C)CCC)c1ccc2c(c1)[nH]c1ccncc12. The Hall–Kier alpha value is -3.34. The quantitative estimate of drug-likeness (QED) is 0.162. The van der Waals surface area contributed by atoms with Crippen LogP contribution < -0.4 is 5.32 Å². The van der Waals surface area contributed by atoms with Gasteiger partial charge in [0.25, 0.3) is 5.91 Å². The minimum absolute atomic E-state index is 0.00848. The number of carbonyl (C=O) groups is 1. The fourth-order valence-corrected chi connectivity index (χ4v) is 5.58. The van der Waals surface area contributed by atoms with Crippen LogP contribution in [0, 0.1) is 10.8 Å². The Morgan fingerprint density at radius 1 is 1.03 bits per heavy atom. The van der Waals surface area contributed by atoms with Crippen LogP contribution in [0.15, 0.2) is 66.7 Å². The molecular weight excluding hydrogens is 482 g/mol. The number of benzene rings is 1. The first-order valence-corrected chi connectivity index (χ1v) is 14.4. The smallest absolute Gasteiger partial charge is 0.257 e. The summed E-state index contributed by atoms with van der Waals surface area (Å²) in [6, 6.07) is 8.44. The summed E-state index contributed by atoms with van der Waals surface area (Å²) in [6.45, 7) is 16.1. The Balaban J connectivity index is 1.64. The second kappa shape index (κ2) is 13.6. The van der Waals surface area contributed by atoms with Crippen molar-refractivity contribution in [2.24, 2.45) is 10.8 Å². The predicted molar refractivity (Wildman–Crippen MR) is 165 cm³/mol. The lowest BCUT2D eigenvalue weighted by Crippen LogP contribution is -2.38. The van der Waals surface area contributed by atoms with E-state index in [1.807, 2.05) is 25.3 Å². The van der Waals surface area contributed by atoms with Crippen molar-refractivity contribution < 1.29 is 9.53 Å². The van der Waals surface area contributed by atoms with Gasteiger partial charge in [0.15, 0.2) is 6.61 Å². The van der Waals surface area contributed by atoms with Crippen molar-refractivity contribution in [1.29, 1.82) is 0 Å². The van der Waals surface area contributed by atoms with Crippen LogP contribution in [0.4, 0.5) is 0 Å². The third kappa shape index (κ3) is 8.84. The molecule has 2 N–H and O–H groups in total. The Labute approximate surface area is 234 Å². The summed E-state index contributed by atoms with van der Waals surface area (Å²) in [4.78, 5) is 20.4. The summed E-state index contributed by atoms with van der Waals surface area (Å²) in [5, 5.41) is 5.38. The number of hydrogen-bond donors (Lipinski definition) is 2. The van der Waals surface area contributed by atoms with Crippen molar-refractivity contribution in [1.82, 2.24) is 15.3 Å². The van der Waals surface area contributed by atoms with E-state index in [0.29, 0.717) is 12.3 Å². The highest BCUT2D eigenvalue weighted by atomic mass is 16.5. The van der Waals surface area contributed by atoms with E-state index in [0.717, 1.165) is 52.2 Å². The zero-order valence-electron chi connectivity index (χ0n) is 25.0. The molecule has 5 heteroatoms. The zero-order valence-corrected chi connectivity index (χ0v) is 25.0. The number of aromatic nitrogens is 2. The third-order valence-corrected chi connectivity index (χ3v) is 7.12. The molecule has 2 aromatic heterocycles. The van der Waals surface area contributed by atoms with Crippen molar-refractivity contribution in [3.63, 3.8) is 0 Å². The number of carbonyl (C=O) groups excluding carboxylic acids is 1. The summed E-state index contributed by atoms with van der Waals surface area (Å²) in [7, 11) is 0. The molecule has 3 rings (SSSR count). The first kappa shape index (κ1) is 30.2. The number of rotatable bonds is 14. The van der Waals surface area contributed by atoms with Crippen LogP contribution >= 0.6 is 0 Å². The van der Waals surface area contributed by atoms with Crippen molar-refractivity contribution >= 4 is 33.3 Å². The monoisotopic (exact) mass is 529 g/mol. The van der Waals surface area contributed by atoms with Gasteiger partial charge in [-0.1, -0.05) is 78.7 Å². The van der Waals surface area contributed by atoms with E-state index in [9.17, 15) is 4.79 Å². The minimum atomic E-state index is -0.0859. The standard InChI is InChI=1S/C34H47N3O2/c1-8-11-12-27(39-22-32(38)36-24-34(6,7)23-33(4,5)18-9-2)15-13-25(10-3)26-14-16-28-29-21-35-19-17-30(29)37-31(28)20-26/h10,12-17,19-21,37H,8-9,11,18,22-24H2,1-7H3,(H,36,38)/b15-13-,25-10+,27-12-. The van der Waals surface area contributed by atoms with E-state index in [4.69, 9.17) is 4.74 Å². The molecule has 1 amide bonds. The number of nitrogens with one attached hydrogen (secondary N) is 2. The number of pyridine rings is 1. The molecule has 0 aliphatic heterocycles. The van der Waals surface area contributed by atoms with Crippen LogP contribution in [-0.2, 0) is 9.53 Å². The predicted octanol–water partition coefficient (Wildman–Crippen LogP) is 8.74. The molecule has 1 aromatic carbocycles. The highest BCUT2D eigenvalue weighted by Gasteiger charge is 2.28. The van der Waals surface area contributed by atoms with E-state index in [2.05, 4.69) is 93.3 Å². The zero-order chi connectivity index (χ0) is 28.5. The Morgan fingerprint density at radius 2 is 1.82 bits per heavy atom. The molecule has 0 bridgehead atoms. The summed E-state index contributed by atoms with van der Waals surface area (Å²) in [5.74, 6) is 0.629. The van der Waals surface area contributed by atoms with Crippen LogP contribution in [0.2, 0.25) is 0 Å². The highest BCUT2D eigenvalue weighted by molar-refractivity contribution is 6.07. The number of H-pyrrole nitrogens is 1. The Bertz CT molecular complexity index is 1340. The van der Waals surface area contributed by atoms with Gasteiger partial charge in [0.1, 0.15) is 5.76 Å². The van der Waals surface area contributed by atoms with Gasteiger partial charge >= 0.3 is 0 Å². The number of fused-ring (bicyclic) bond motifs is 3. The van der Waals surface area contributed by atoms with Crippen molar-refractivity contribution in [3.8, 4) is 0 Å². The highest BCUT2D eigenvalue weighted by Crippen LogP contribution is 2.36. The number of hydrogen-bond acceptors (Lipinski definition) is 3. The normalized spacial score (nSPS) is 13.5. The fraction of sp³-hybridized carbons (Fsp3) is 0.471. The maximum Gasteiger partial charge on any atom is 0.257 e. The summed E-state index contributed by atoms with van der Waals surface area (Å²) in [6.07, 6.45) is 17.2. The average molecular weight is 530 g/mol. The first-order chi connectivity index (χ1) is 18.6. The van der Waals surface area contributed by atoms with Crippen LogP contribution in [0.3, 0.4) is 0 Å². The lowest BCUT2D eigenvalue weighted by molar-refractivity contribution is -0.124. The van der Waals surface area contributed by atoms with Gasteiger partial charge in [0, 0.05) is 40.7 Å². The molecule has 5 nitrogen and oxygen atoms in total. The summed E-state index contributed by atoms with van der Waals surface area (Å²) < 4.78 is 5.97. The topological polar surface area (TPSA) is 67.0 Å². The molecule has 0 fully saturated rings. The van der Waals surface area contributed by atoms with Gasteiger partial charge in [-0.3, -0.25) is 9.78 Å². The Kier molecular flexibility index (Phi) is 10.6. The van der Waals surface area contributed by atoms with Gasteiger partial charge in [-0.15, -0.1) is 0 Å². The summed E-state index contributed by atoms with van der Waals surface area (Å²) in [5.41, 5.74) is 4.65. The second-order valence-electron chi connectivity index (χ2n) is 12.1. The van der Waals surface area contributed by atoms with Crippen LogP contribution in [0.25, 0.3) is 27.4 Å². The molecule has 0 unspecified atom stereocenters. The van der Waals surface area contributed by atoms with Crippen LogP contribution in [-0.4, -0.2) is 29.0 Å². The molecule has 0 saturated carbocycles. The van der Waals surface area contributed by atoms with E-state index in [1.165, 1.54) is 12.8 Å². The average Bonchev–Trinajstić information content (AvgIpc) is 3.26. The number of ether oxygens (including phenoxy) is 1. The van der Waals surface area contributed by atoms with E-state index in [1.54, 1.807) is 6.20 Å². The van der Waals surface area contributed by atoms with Gasteiger partial charge < -0.3 is 15.0 Å². The number of amides is 1. The van der Waals surface area contributed by atoms with Crippen LogP contribution in [0.1, 0.15) is 86.1 Å². The summed E-state index contributed by atoms with van der Waals surface area (Å²) >= 11 is 0. The first-order valence-electron chi connectivity index (χ1n) is 14.4. The van der Waals surface area contributed by atoms with E-state index < -0.39 is 0 Å². The van der Waals surface area contributed by atoms with Gasteiger partial charge in [0.05, 0.1) is 0 Å². The molecule has 0 atom stereocenters. The largest absolute Gasteiger partial charge is 0.484 e. The van der Waals surface area contributed by atoms with Gasteiger partial charge in [-0.05, 0) is 72.4 Å². The molecule has 210 valence electrons.